The molecule has 7 heteroatoms. The van der Waals surface area contributed by atoms with Gasteiger partial charge in [0.2, 0.25) is 10.0 Å². The van der Waals surface area contributed by atoms with Gasteiger partial charge >= 0.3 is 0 Å². The van der Waals surface area contributed by atoms with Crippen molar-refractivity contribution in [3.63, 3.8) is 0 Å². The smallest absolute Gasteiger partial charge is 0.216 e. The van der Waals surface area contributed by atoms with E-state index in [9.17, 15) is 8.42 Å². The van der Waals surface area contributed by atoms with Crippen LogP contribution in [0.4, 0.5) is 5.82 Å². The average molecular weight is 353 g/mol. The van der Waals surface area contributed by atoms with Gasteiger partial charge in [-0.15, -0.1) is 0 Å². The second-order valence-electron chi connectivity index (χ2n) is 6.98. The van der Waals surface area contributed by atoms with Crippen molar-refractivity contribution < 1.29 is 8.42 Å². The molecule has 1 aliphatic carbocycles. The predicted octanol–water partition coefficient (Wildman–Crippen LogP) is 2.44. The number of nitrogens with zero attached hydrogens (tertiary/aromatic N) is 3. The Labute approximate surface area is 145 Å². The Hall–Kier alpha value is -1.21. The molecule has 0 spiro atoms. The lowest BCUT2D eigenvalue weighted by molar-refractivity contribution is 0.259. The topological polar surface area (TPSA) is 75.2 Å². The largest absolute Gasteiger partial charge is 0.372 e. The molecule has 1 aromatic heterocycles. The molecule has 0 unspecified atom stereocenters. The van der Waals surface area contributed by atoms with Crippen LogP contribution in [0.3, 0.4) is 0 Å². The lowest BCUT2D eigenvalue weighted by atomic mass is 9.94. The fraction of sp³-hybridized carbons (Fsp3) is 0.765. The van der Waals surface area contributed by atoms with E-state index in [0.29, 0.717) is 19.0 Å². The molecule has 1 atom stereocenters. The van der Waals surface area contributed by atoms with E-state index in [4.69, 9.17) is 0 Å². The summed E-state index contributed by atoms with van der Waals surface area (Å²) in [5.74, 6) is 1.12. The molecular formula is C17H28N4O2S. The highest BCUT2D eigenvalue weighted by Gasteiger charge is 2.35. The zero-order valence-electron chi connectivity index (χ0n) is 14.4. The molecule has 1 aliphatic heterocycles. The second-order valence-corrected chi connectivity index (χ2v) is 9.19. The molecule has 24 heavy (non-hydrogen) atoms. The number of nitrogens with one attached hydrogen (secondary N) is 1. The highest BCUT2D eigenvalue weighted by Crippen LogP contribution is 2.30. The van der Waals surface area contributed by atoms with Gasteiger partial charge in [-0.3, -0.25) is 4.98 Å². The van der Waals surface area contributed by atoms with Crippen LogP contribution in [0.5, 0.6) is 0 Å². The minimum atomic E-state index is -3.14. The summed E-state index contributed by atoms with van der Waals surface area (Å²) < 4.78 is 27.7. The SMILES string of the molecule is CNc1nccnc1C[C@@H]1CCCN(S(=O)(=O)C2CCCCC2)C1. The van der Waals surface area contributed by atoms with Gasteiger partial charge in [-0.2, -0.15) is 0 Å². The molecule has 0 bridgehead atoms. The van der Waals surface area contributed by atoms with Crippen molar-refractivity contribution in [3.8, 4) is 0 Å². The number of hydrogen-bond donors (Lipinski definition) is 1. The summed E-state index contributed by atoms with van der Waals surface area (Å²) in [6.45, 7) is 1.30. The van der Waals surface area contributed by atoms with Gasteiger partial charge in [0.05, 0.1) is 10.9 Å². The van der Waals surface area contributed by atoms with Crippen LogP contribution in [0.25, 0.3) is 0 Å². The monoisotopic (exact) mass is 352 g/mol. The minimum absolute atomic E-state index is 0.158. The van der Waals surface area contributed by atoms with Crippen LogP contribution in [0.1, 0.15) is 50.6 Å². The van der Waals surface area contributed by atoms with Crippen LogP contribution in [-0.4, -0.2) is 48.1 Å². The highest BCUT2D eigenvalue weighted by atomic mass is 32.2. The molecular weight excluding hydrogens is 324 g/mol. The Morgan fingerprint density at radius 2 is 1.88 bits per heavy atom. The van der Waals surface area contributed by atoms with Gasteiger partial charge in [0.1, 0.15) is 5.82 Å². The summed E-state index contributed by atoms with van der Waals surface area (Å²) in [4.78, 5) is 8.73. The first-order valence-corrected chi connectivity index (χ1v) is 10.6. The zero-order valence-corrected chi connectivity index (χ0v) is 15.3. The first-order valence-electron chi connectivity index (χ1n) is 9.08. The quantitative estimate of drug-likeness (QED) is 0.881. The van der Waals surface area contributed by atoms with Crippen LogP contribution < -0.4 is 5.32 Å². The van der Waals surface area contributed by atoms with Crippen LogP contribution in [0, 0.1) is 5.92 Å². The van der Waals surface area contributed by atoms with Gasteiger partial charge in [0.25, 0.3) is 0 Å². The molecule has 0 radical (unpaired) electrons. The molecule has 0 amide bonds. The zero-order chi connectivity index (χ0) is 17.0. The summed E-state index contributed by atoms with van der Waals surface area (Å²) in [5.41, 5.74) is 0.932. The fourth-order valence-electron chi connectivity index (χ4n) is 4.00. The van der Waals surface area contributed by atoms with Crippen molar-refractivity contribution >= 4 is 15.8 Å². The molecule has 2 fully saturated rings. The fourth-order valence-corrected chi connectivity index (χ4v) is 6.15. The van der Waals surface area contributed by atoms with Gasteiger partial charge in [0.15, 0.2) is 0 Å². The van der Waals surface area contributed by atoms with E-state index in [1.807, 2.05) is 7.05 Å². The van der Waals surface area contributed by atoms with E-state index in [1.165, 1.54) is 6.42 Å². The van der Waals surface area contributed by atoms with Gasteiger partial charge in [-0.25, -0.2) is 17.7 Å². The summed E-state index contributed by atoms with van der Waals surface area (Å²) in [5, 5.41) is 2.91. The average Bonchev–Trinajstić information content (AvgIpc) is 2.63. The number of anilines is 1. The summed E-state index contributed by atoms with van der Waals surface area (Å²) in [7, 11) is -1.30. The maximum absolute atomic E-state index is 12.9. The van der Waals surface area contributed by atoms with Crippen LogP contribution in [0.2, 0.25) is 0 Å². The molecule has 1 N–H and O–H groups in total. The molecule has 6 nitrogen and oxygen atoms in total. The molecule has 134 valence electrons. The van der Waals surface area contributed by atoms with Gasteiger partial charge in [-0.1, -0.05) is 19.3 Å². The van der Waals surface area contributed by atoms with Crippen LogP contribution >= 0.6 is 0 Å². The Balaban J connectivity index is 1.67. The van der Waals surface area contributed by atoms with E-state index in [2.05, 4.69) is 15.3 Å². The maximum Gasteiger partial charge on any atom is 0.216 e. The standard InChI is InChI=1S/C17H28N4O2S/c1-18-17-16(19-9-10-20-17)12-14-6-5-11-21(13-14)24(22,23)15-7-3-2-4-8-15/h9-10,14-15H,2-8,11-13H2,1H3,(H,18,20)/t14-/m0/s1. The third-order valence-corrected chi connectivity index (χ3v) is 7.67. The van der Waals surface area contributed by atoms with Crippen molar-refractivity contribution in [1.82, 2.24) is 14.3 Å². The molecule has 1 saturated carbocycles. The number of rotatable bonds is 5. The van der Waals surface area contributed by atoms with Crippen molar-refractivity contribution in [2.45, 2.75) is 56.6 Å². The highest BCUT2D eigenvalue weighted by molar-refractivity contribution is 7.89. The van der Waals surface area contributed by atoms with Crippen molar-refractivity contribution in [1.29, 1.82) is 0 Å². The summed E-state index contributed by atoms with van der Waals surface area (Å²) in [6, 6.07) is 0. The Morgan fingerprint density at radius 3 is 2.62 bits per heavy atom. The Kier molecular flexibility index (Phi) is 5.71. The molecule has 0 aromatic carbocycles. The molecule has 2 heterocycles. The molecule has 1 aromatic rings. The third kappa shape index (κ3) is 3.88. The van der Waals surface area contributed by atoms with Crippen molar-refractivity contribution in [2.75, 3.05) is 25.5 Å². The van der Waals surface area contributed by atoms with Gasteiger partial charge in [-0.05, 0) is 38.0 Å². The first kappa shape index (κ1) is 17.6. The van der Waals surface area contributed by atoms with Crippen LogP contribution in [0.15, 0.2) is 12.4 Å². The predicted molar refractivity (Wildman–Crippen MR) is 95.4 cm³/mol. The third-order valence-electron chi connectivity index (χ3n) is 5.31. The lowest BCUT2D eigenvalue weighted by Crippen LogP contribution is -2.45. The summed E-state index contributed by atoms with van der Waals surface area (Å²) in [6.07, 6.45) is 11.1. The van der Waals surface area contributed by atoms with E-state index in [-0.39, 0.29) is 5.25 Å². The number of hydrogen-bond acceptors (Lipinski definition) is 5. The van der Waals surface area contributed by atoms with Crippen LogP contribution in [-0.2, 0) is 16.4 Å². The van der Waals surface area contributed by atoms with E-state index in [1.54, 1.807) is 16.7 Å². The van der Waals surface area contributed by atoms with E-state index < -0.39 is 10.0 Å². The van der Waals surface area contributed by atoms with Gasteiger partial charge < -0.3 is 5.32 Å². The lowest BCUT2D eigenvalue weighted by Gasteiger charge is -2.35. The normalized spacial score (nSPS) is 24.0. The number of aromatic nitrogens is 2. The van der Waals surface area contributed by atoms with Gasteiger partial charge in [0, 0.05) is 32.5 Å². The summed E-state index contributed by atoms with van der Waals surface area (Å²) >= 11 is 0. The number of sulfonamides is 1. The van der Waals surface area contributed by atoms with E-state index in [0.717, 1.165) is 56.5 Å². The molecule has 1 saturated heterocycles. The van der Waals surface area contributed by atoms with E-state index >= 15 is 0 Å². The van der Waals surface area contributed by atoms with Crippen molar-refractivity contribution in [2.24, 2.45) is 5.92 Å². The molecule has 2 aliphatic rings. The Morgan fingerprint density at radius 1 is 1.12 bits per heavy atom. The van der Waals surface area contributed by atoms with Crippen molar-refractivity contribution in [3.05, 3.63) is 18.1 Å². The minimum Gasteiger partial charge on any atom is -0.372 e. The Bertz CT molecular complexity index is 644. The maximum atomic E-state index is 12.9. The second kappa shape index (κ2) is 7.78. The molecule has 3 rings (SSSR count). The first-order chi connectivity index (χ1) is 11.6. The number of piperidine rings is 1.